The number of hydrogen-bond acceptors (Lipinski definition) is 1. The van der Waals surface area contributed by atoms with Gasteiger partial charge in [-0.15, -0.1) is 0 Å². The van der Waals surface area contributed by atoms with Gasteiger partial charge in [-0.05, 0) is 23.8 Å². The van der Waals surface area contributed by atoms with Crippen molar-refractivity contribution in [2.75, 3.05) is 0 Å². The van der Waals surface area contributed by atoms with Crippen LogP contribution in [0.1, 0.15) is 11.1 Å². The molecule has 0 aromatic heterocycles. The second-order valence-electron chi connectivity index (χ2n) is 3.92. The highest BCUT2D eigenvalue weighted by atomic mass is 35.5. The third-order valence-corrected chi connectivity index (χ3v) is 2.79. The molecule has 0 spiro atoms. The van der Waals surface area contributed by atoms with Gasteiger partial charge in [-0.1, -0.05) is 41.9 Å². The molecule has 5 heteroatoms. The van der Waals surface area contributed by atoms with Crippen molar-refractivity contribution in [2.45, 2.75) is 12.8 Å². The molecule has 0 amide bonds. The van der Waals surface area contributed by atoms with Crippen LogP contribution in [0.25, 0.3) is 0 Å². The highest BCUT2D eigenvalue weighted by molar-refractivity contribution is 6.32. The summed E-state index contributed by atoms with van der Waals surface area (Å²) in [5.74, 6) is 0.235. The number of rotatable bonds is 3. The Kier molecular flexibility index (Phi) is 4.00. The van der Waals surface area contributed by atoms with E-state index in [1.165, 1.54) is 6.07 Å². The molecule has 0 heterocycles. The summed E-state index contributed by atoms with van der Waals surface area (Å²) in [7, 11) is 0. The van der Waals surface area contributed by atoms with Crippen LogP contribution in [-0.4, -0.2) is 0 Å². The lowest BCUT2D eigenvalue weighted by Gasteiger charge is -2.11. The topological polar surface area (TPSA) is 9.23 Å². The Morgan fingerprint density at radius 1 is 1.00 bits per heavy atom. The zero-order chi connectivity index (χ0) is 13.9. The van der Waals surface area contributed by atoms with Gasteiger partial charge in [0, 0.05) is 0 Å². The van der Waals surface area contributed by atoms with Gasteiger partial charge in [-0.2, -0.15) is 13.2 Å². The minimum absolute atomic E-state index is 0.0502. The van der Waals surface area contributed by atoms with Gasteiger partial charge in [0.15, 0.2) is 0 Å². The third-order valence-electron chi connectivity index (χ3n) is 2.50. The van der Waals surface area contributed by atoms with Gasteiger partial charge in [-0.3, -0.25) is 0 Å². The van der Waals surface area contributed by atoms with Crippen LogP contribution in [-0.2, 0) is 12.8 Å². The molecule has 0 fully saturated rings. The SMILES string of the molecule is FC(F)(F)c1ccc(OCc2ccccc2)c(Cl)c1. The van der Waals surface area contributed by atoms with E-state index in [1.807, 2.05) is 30.3 Å². The first kappa shape index (κ1) is 13.7. The second-order valence-corrected chi connectivity index (χ2v) is 4.32. The summed E-state index contributed by atoms with van der Waals surface area (Å²) in [6, 6.07) is 12.3. The third kappa shape index (κ3) is 3.64. The van der Waals surface area contributed by atoms with Gasteiger partial charge in [-0.25, -0.2) is 0 Å². The van der Waals surface area contributed by atoms with E-state index < -0.39 is 11.7 Å². The molecule has 2 aromatic rings. The van der Waals surface area contributed by atoms with Crippen molar-refractivity contribution in [1.82, 2.24) is 0 Å². The van der Waals surface area contributed by atoms with E-state index in [1.54, 1.807) is 0 Å². The van der Waals surface area contributed by atoms with Crippen molar-refractivity contribution in [2.24, 2.45) is 0 Å². The summed E-state index contributed by atoms with van der Waals surface area (Å²) in [5.41, 5.74) is 0.128. The smallest absolute Gasteiger partial charge is 0.416 e. The van der Waals surface area contributed by atoms with Crippen molar-refractivity contribution in [3.63, 3.8) is 0 Å². The summed E-state index contributed by atoms with van der Waals surface area (Å²) in [5, 5.41) is -0.0502. The Labute approximate surface area is 113 Å². The Morgan fingerprint density at radius 2 is 1.68 bits per heavy atom. The monoisotopic (exact) mass is 286 g/mol. The molecule has 0 aliphatic heterocycles. The van der Waals surface area contributed by atoms with E-state index in [4.69, 9.17) is 16.3 Å². The first-order valence-corrected chi connectivity index (χ1v) is 5.88. The van der Waals surface area contributed by atoms with E-state index >= 15 is 0 Å². The van der Waals surface area contributed by atoms with E-state index in [2.05, 4.69) is 0 Å². The lowest BCUT2D eigenvalue weighted by Crippen LogP contribution is -2.05. The molecule has 0 saturated carbocycles. The zero-order valence-corrected chi connectivity index (χ0v) is 10.5. The molecule has 0 atom stereocenters. The number of hydrogen-bond donors (Lipinski definition) is 0. The molecule has 2 aromatic carbocycles. The average molecular weight is 287 g/mol. The quantitative estimate of drug-likeness (QED) is 0.777. The van der Waals surface area contributed by atoms with Crippen LogP contribution in [0.3, 0.4) is 0 Å². The average Bonchev–Trinajstić information content (AvgIpc) is 2.37. The van der Waals surface area contributed by atoms with Crippen LogP contribution >= 0.6 is 11.6 Å². The molecule has 0 bridgehead atoms. The Morgan fingerprint density at radius 3 is 2.26 bits per heavy atom. The molecule has 0 radical (unpaired) electrons. The van der Waals surface area contributed by atoms with Gasteiger partial charge in [0.2, 0.25) is 0 Å². The van der Waals surface area contributed by atoms with Gasteiger partial charge >= 0.3 is 6.18 Å². The molecule has 0 saturated heterocycles. The second kappa shape index (κ2) is 5.53. The van der Waals surface area contributed by atoms with Crippen LogP contribution in [0, 0.1) is 0 Å². The largest absolute Gasteiger partial charge is 0.487 e. The summed E-state index contributed by atoms with van der Waals surface area (Å²) < 4.78 is 42.7. The molecule has 0 aliphatic rings. The van der Waals surface area contributed by atoms with E-state index in [0.29, 0.717) is 0 Å². The molecular weight excluding hydrogens is 277 g/mol. The number of ether oxygens (including phenoxy) is 1. The molecule has 1 nitrogen and oxygen atoms in total. The summed E-state index contributed by atoms with van der Waals surface area (Å²) >= 11 is 5.78. The predicted octanol–water partition coefficient (Wildman–Crippen LogP) is 4.94. The fourth-order valence-corrected chi connectivity index (χ4v) is 1.76. The van der Waals surface area contributed by atoms with Gasteiger partial charge < -0.3 is 4.74 Å². The minimum Gasteiger partial charge on any atom is -0.487 e. The summed E-state index contributed by atoms with van der Waals surface area (Å²) in [6.07, 6.45) is -4.40. The van der Waals surface area contributed by atoms with Crippen molar-refractivity contribution in [3.05, 3.63) is 64.7 Å². The number of halogens is 4. The Bertz CT molecular complexity index is 552. The molecule has 19 heavy (non-hydrogen) atoms. The first-order chi connectivity index (χ1) is 8.97. The van der Waals surface area contributed by atoms with E-state index in [9.17, 15) is 13.2 Å². The van der Waals surface area contributed by atoms with Crippen LogP contribution in [0.15, 0.2) is 48.5 Å². The van der Waals surface area contributed by atoms with Gasteiger partial charge in [0.25, 0.3) is 0 Å². The van der Waals surface area contributed by atoms with E-state index in [-0.39, 0.29) is 17.4 Å². The maximum Gasteiger partial charge on any atom is 0.416 e. The van der Waals surface area contributed by atoms with Gasteiger partial charge in [0.05, 0.1) is 10.6 Å². The highest BCUT2D eigenvalue weighted by Crippen LogP contribution is 2.34. The number of alkyl halides is 3. The molecular formula is C14H10ClF3O. The standard InChI is InChI=1S/C14H10ClF3O/c15-12-8-11(14(16,17)18)6-7-13(12)19-9-10-4-2-1-3-5-10/h1-8H,9H2. The molecule has 2 rings (SSSR count). The van der Waals surface area contributed by atoms with Crippen molar-refractivity contribution in [1.29, 1.82) is 0 Å². The molecule has 0 aliphatic carbocycles. The Hall–Kier alpha value is -1.68. The fourth-order valence-electron chi connectivity index (χ4n) is 1.53. The van der Waals surface area contributed by atoms with Crippen molar-refractivity contribution >= 4 is 11.6 Å². The first-order valence-electron chi connectivity index (χ1n) is 5.50. The molecule has 100 valence electrons. The molecule has 0 unspecified atom stereocenters. The lowest BCUT2D eigenvalue weighted by molar-refractivity contribution is -0.137. The maximum absolute atomic E-state index is 12.5. The van der Waals surface area contributed by atoms with Gasteiger partial charge in [0.1, 0.15) is 12.4 Å². The van der Waals surface area contributed by atoms with Crippen LogP contribution in [0.4, 0.5) is 13.2 Å². The predicted molar refractivity (Wildman–Crippen MR) is 67.2 cm³/mol. The minimum atomic E-state index is -4.40. The van der Waals surface area contributed by atoms with E-state index in [0.717, 1.165) is 17.7 Å². The zero-order valence-electron chi connectivity index (χ0n) is 9.75. The fraction of sp³-hybridized carbons (Fsp3) is 0.143. The maximum atomic E-state index is 12.5. The van der Waals surface area contributed by atoms with Crippen LogP contribution in [0.2, 0.25) is 5.02 Å². The van der Waals surface area contributed by atoms with Crippen molar-refractivity contribution in [3.8, 4) is 5.75 Å². The van der Waals surface area contributed by atoms with Crippen molar-refractivity contribution < 1.29 is 17.9 Å². The lowest BCUT2D eigenvalue weighted by atomic mass is 10.2. The number of benzene rings is 2. The molecule has 0 N–H and O–H groups in total. The normalized spacial score (nSPS) is 11.4. The summed E-state index contributed by atoms with van der Waals surface area (Å²) in [6.45, 7) is 0.256. The van der Waals surface area contributed by atoms with Crippen LogP contribution < -0.4 is 4.74 Å². The Balaban J connectivity index is 2.10. The summed E-state index contributed by atoms with van der Waals surface area (Å²) in [4.78, 5) is 0. The highest BCUT2D eigenvalue weighted by Gasteiger charge is 2.31. The van der Waals surface area contributed by atoms with Crippen LogP contribution in [0.5, 0.6) is 5.75 Å².